The van der Waals surface area contributed by atoms with Crippen molar-refractivity contribution in [1.82, 2.24) is 5.01 Å². The average Bonchev–Trinajstić information content (AvgIpc) is 1.84. The van der Waals surface area contributed by atoms with E-state index < -0.39 is 7.82 Å². The quantitative estimate of drug-likeness (QED) is 0.161. The van der Waals surface area contributed by atoms with Crippen LogP contribution >= 0.6 is 7.82 Å². The molecular weight excluding hydrogens is 199 g/mol. The number of nitrogens with two attached hydrogens (primary N) is 1. The Morgan fingerprint density at radius 3 is 2.00 bits per heavy atom. The predicted molar refractivity (Wildman–Crippen MR) is 48.1 cm³/mol. The first-order valence-electron chi connectivity index (χ1n) is 3.03. The maximum atomic E-state index is 8.88. The Morgan fingerprint density at radius 2 is 1.92 bits per heavy atom. The van der Waals surface area contributed by atoms with Crippen molar-refractivity contribution in [3.63, 3.8) is 0 Å². The largest absolute Gasteiger partial charge is 0.466 e. The molecule has 0 saturated carbocycles. The lowest BCUT2D eigenvalue weighted by Gasteiger charge is -2.06. The Morgan fingerprint density at radius 1 is 1.62 bits per heavy atom. The maximum Gasteiger partial charge on any atom is 0.466 e. The highest BCUT2D eigenvalue weighted by molar-refractivity contribution is 7.45. The van der Waals surface area contributed by atoms with Gasteiger partial charge in [0.25, 0.3) is 0 Å². The highest BCUT2D eigenvalue weighted by Gasteiger charge is 2.00. The van der Waals surface area contributed by atoms with E-state index >= 15 is 0 Å². The molecule has 6 N–H and O–H groups in total. The van der Waals surface area contributed by atoms with E-state index in [9.17, 15) is 0 Å². The summed E-state index contributed by atoms with van der Waals surface area (Å²) in [5, 5.41) is 11.8. The number of nitrogens with one attached hydrogen (secondary N) is 1. The summed E-state index contributed by atoms with van der Waals surface area (Å²) in [6.45, 7) is 1.76. The fourth-order valence-corrected chi connectivity index (χ4v) is 0.235. The van der Waals surface area contributed by atoms with Crippen molar-refractivity contribution in [3.8, 4) is 0 Å². The average molecular weight is 212 g/mol. The van der Waals surface area contributed by atoms with E-state index in [-0.39, 0.29) is 5.96 Å². The van der Waals surface area contributed by atoms with Crippen LogP contribution in [0.3, 0.4) is 0 Å². The topological polar surface area (TPSA) is 143 Å². The minimum atomic E-state index is -4.64. The van der Waals surface area contributed by atoms with Crippen molar-refractivity contribution in [3.05, 3.63) is 0 Å². The molecule has 0 unspecified atom stereocenters. The summed E-state index contributed by atoms with van der Waals surface area (Å²) in [4.78, 5) is 21.6. The van der Waals surface area contributed by atoms with Crippen LogP contribution in [0.5, 0.6) is 0 Å². The molecule has 0 aliphatic rings. The molecule has 78 valence electrons. The lowest BCUT2D eigenvalue weighted by atomic mass is 10.9. The normalized spacial score (nSPS) is 10.5. The van der Waals surface area contributed by atoms with Crippen LogP contribution in [0.2, 0.25) is 0 Å². The third-order valence-electron chi connectivity index (χ3n) is 0.637. The van der Waals surface area contributed by atoms with Gasteiger partial charge in [0, 0.05) is 13.3 Å². The SMILES string of the molecule is CC=NN(C)C(=N)N.O=P(O)(O)O. The van der Waals surface area contributed by atoms with Gasteiger partial charge in [-0.1, -0.05) is 0 Å². The Balaban J connectivity index is 0. The number of hydrogen-bond donors (Lipinski definition) is 5. The molecular formula is C4H13N4O4P. The lowest BCUT2D eigenvalue weighted by molar-refractivity contribution is 0.275. The van der Waals surface area contributed by atoms with Gasteiger partial charge < -0.3 is 20.4 Å². The fraction of sp³-hybridized carbons (Fsp3) is 0.500. The smallest absolute Gasteiger partial charge is 0.369 e. The lowest BCUT2D eigenvalue weighted by Crippen LogP contribution is -2.28. The molecule has 0 atom stereocenters. The van der Waals surface area contributed by atoms with Gasteiger partial charge in [0.2, 0.25) is 5.96 Å². The summed E-state index contributed by atoms with van der Waals surface area (Å²) in [7, 11) is -3.03. The van der Waals surface area contributed by atoms with Crippen molar-refractivity contribution in [1.29, 1.82) is 5.41 Å². The van der Waals surface area contributed by atoms with Crippen LogP contribution in [0.25, 0.3) is 0 Å². The number of guanidine groups is 1. The molecule has 0 aromatic carbocycles. The van der Waals surface area contributed by atoms with Crippen LogP contribution in [-0.4, -0.2) is 38.9 Å². The molecule has 0 aliphatic carbocycles. The molecule has 0 aromatic heterocycles. The van der Waals surface area contributed by atoms with E-state index in [2.05, 4.69) is 5.10 Å². The minimum Gasteiger partial charge on any atom is -0.369 e. The molecule has 0 rings (SSSR count). The van der Waals surface area contributed by atoms with E-state index in [1.807, 2.05) is 0 Å². The molecule has 0 fully saturated rings. The van der Waals surface area contributed by atoms with Gasteiger partial charge in [-0.15, -0.1) is 0 Å². The monoisotopic (exact) mass is 212 g/mol. The second kappa shape index (κ2) is 6.55. The zero-order valence-corrected chi connectivity index (χ0v) is 8.14. The van der Waals surface area contributed by atoms with Crippen molar-refractivity contribution < 1.29 is 19.2 Å². The van der Waals surface area contributed by atoms with Gasteiger partial charge >= 0.3 is 7.82 Å². The fourth-order valence-electron chi connectivity index (χ4n) is 0.235. The molecule has 9 heteroatoms. The number of phosphoric acid groups is 1. The zero-order valence-electron chi connectivity index (χ0n) is 7.25. The van der Waals surface area contributed by atoms with Gasteiger partial charge in [0.1, 0.15) is 0 Å². The van der Waals surface area contributed by atoms with Crippen molar-refractivity contribution in [2.45, 2.75) is 6.92 Å². The molecule has 8 nitrogen and oxygen atoms in total. The maximum absolute atomic E-state index is 8.88. The van der Waals surface area contributed by atoms with Crippen LogP contribution < -0.4 is 5.73 Å². The molecule has 0 radical (unpaired) electrons. The third-order valence-corrected chi connectivity index (χ3v) is 0.637. The molecule has 0 aliphatic heterocycles. The van der Waals surface area contributed by atoms with Gasteiger partial charge in [-0.25, -0.2) is 9.57 Å². The number of hydrazone groups is 1. The van der Waals surface area contributed by atoms with Crippen molar-refractivity contribution >= 4 is 20.0 Å². The van der Waals surface area contributed by atoms with Crippen molar-refractivity contribution in [2.24, 2.45) is 10.8 Å². The highest BCUT2D eigenvalue weighted by atomic mass is 31.2. The molecule has 0 spiro atoms. The first-order chi connectivity index (χ1) is 5.68. The predicted octanol–water partition coefficient (Wildman–Crippen LogP) is -1.11. The summed E-state index contributed by atoms with van der Waals surface area (Å²) < 4.78 is 8.88. The van der Waals surface area contributed by atoms with Crippen LogP contribution in [0.4, 0.5) is 0 Å². The van der Waals surface area contributed by atoms with Gasteiger partial charge in [-0.3, -0.25) is 5.41 Å². The number of nitrogens with zero attached hydrogens (tertiary/aromatic N) is 2. The summed E-state index contributed by atoms with van der Waals surface area (Å²) >= 11 is 0. The van der Waals surface area contributed by atoms with E-state index in [1.54, 1.807) is 20.2 Å². The van der Waals surface area contributed by atoms with Crippen LogP contribution in [-0.2, 0) is 4.57 Å². The number of hydrogen-bond acceptors (Lipinski definition) is 3. The first-order valence-corrected chi connectivity index (χ1v) is 4.59. The van der Waals surface area contributed by atoms with E-state index in [4.69, 9.17) is 30.4 Å². The van der Waals surface area contributed by atoms with E-state index in [0.29, 0.717) is 0 Å². The second-order valence-corrected chi connectivity index (χ2v) is 2.82. The minimum absolute atomic E-state index is 0.0527. The van der Waals surface area contributed by atoms with Crippen LogP contribution in [0, 0.1) is 5.41 Å². The standard InChI is InChI=1S/C4H10N4.H3O4P/c1-3-7-8(2)4(5)6;1-5(2,3)4/h3H,1-2H3,(H3,5,6);(H3,1,2,3,4). The molecule has 0 saturated heterocycles. The summed E-state index contributed by atoms with van der Waals surface area (Å²) in [5.41, 5.74) is 5.02. The molecule has 0 amide bonds. The Kier molecular flexibility index (Phi) is 7.34. The number of rotatable bonds is 1. The van der Waals surface area contributed by atoms with Gasteiger partial charge in [0.15, 0.2) is 0 Å². The van der Waals surface area contributed by atoms with E-state index in [1.165, 1.54) is 5.01 Å². The van der Waals surface area contributed by atoms with E-state index in [0.717, 1.165) is 0 Å². The molecule has 0 aromatic rings. The van der Waals surface area contributed by atoms with Crippen LogP contribution in [0.1, 0.15) is 6.92 Å². The van der Waals surface area contributed by atoms with Gasteiger partial charge in [-0.05, 0) is 6.92 Å². The summed E-state index contributed by atoms with van der Waals surface area (Å²) in [6, 6.07) is 0. The Hall–Kier alpha value is -0.950. The molecule has 0 heterocycles. The second-order valence-electron chi connectivity index (χ2n) is 1.80. The Bertz CT molecular complexity index is 216. The first kappa shape index (κ1) is 14.6. The summed E-state index contributed by atoms with van der Waals surface area (Å²) in [6.07, 6.45) is 1.57. The van der Waals surface area contributed by atoms with Gasteiger partial charge in [0.05, 0.1) is 0 Å². The highest BCUT2D eigenvalue weighted by Crippen LogP contribution is 2.25. The third kappa shape index (κ3) is 24.7. The Labute approximate surface area is 75.4 Å². The summed E-state index contributed by atoms with van der Waals surface area (Å²) in [5.74, 6) is -0.0527. The molecule has 0 bridgehead atoms. The van der Waals surface area contributed by atoms with Gasteiger partial charge in [-0.2, -0.15) is 5.10 Å². The zero-order chi connectivity index (χ0) is 11.1. The van der Waals surface area contributed by atoms with Crippen molar-refractivity contribution in [2.75, 3.05) is 7.05 Å². The molecule has 13 heavy (non-hydrogen) atoms. The van der Waals surface area contributed by atoms with Crippen LogP contribution in [0.15, 0.2) is 5.10 Å².